The van der Waals surface area contributed by atoms with Gasteiger partial charge in [0.25, 0.3) is 5.56 Å². The summed E-state index contributed by atoms with van der Waals surface area (Å²) in [7, 11) is 3.11. The fraction of sp³-hybridized carbons (Fsp3) is 0.118. The van der Waals surface area contributed by atoms with Crippen LogP contribution in [0.4, 0.5) is 0 Å². The lowest BCUT2D eigenvalue weighted by Crippen LogP contribution is -2.26. The van der Waals surface area contributed by atoms with Gasteiger partial charge in [0.2, 0.25) is 0 Å². The molecule has 0 aliphatic heterocycles. The third-order valence-corrected chi connectivity index (χ3v) is 3.45. The Morgan fingerprint density at radius 2 is 1.67 bits per heavy atom. The summed E-state index contributed by atoms with van der Waals surface area (Å²) in [4.78, 5) is 17.8. The highest BCUT2D eigenvalue weighted by molar-refractivity contribution is 5.83. The van der Waals surface area contributed by atoms with E-state index in [0.717, 1.165) is 22.2 Å². The average molecular weight is 281 g/mol. The predicted molar refractivity (Wildman–Crippen MR) is 82.7 cm³/mol. The Morgan fingerprint density at radius 3 is 2.33 bits per heavy atom. The number of rotatable bonds is 3. The van der Waals surface area contributed by atoms with Crippen molar-refractivity contribution in [3.8, 4) is 16.9 Å². The van der Waals surface area contributed by atoms with Crippen molar-refractivity contribution >= 4 is 10.9 Å². The highest BCUT2D eigenvalue weighted by atomic mass is 16.6. The molecule has 0 atom stereocenters. The quantitative estimate of drug-likeness (QED) is 0.741. The first kappa shape index (κ1) is 13.2. The second-order valence-electron chi connectivity index (χ2n) is 4.63. The minimum atomic E-state index is -0.179. The maximum Gasteiger partial charge on any atom is 0.291 e. The molecule has 1 aromatic heterocycles. The fourth-order valence-electron chi connectivity index (χ4n) is 2.39. The van der Waals surface area contributed by atoms with Crippen LogP contribution < -0.4 is 15.1 Å². The van der Waals surface area contributed by atoms with E-state index in [2.05, 4.69) is 0 Å². The van der Waals surface area contributed by atoms with E-state index in [1.54, 1.807) is 7.11 Å². The number of pyridine rings is 1. The van der Waals surface area contributed by atoms with Gasteiger partial charge in [0.1, 0.15) is 12.9 Å². The van der Waals surface area contributed by atoms with Crippen molar-refractivity contribution in [2.45, 2.75) is 0 Å². The zero-order valence-corrected chi connectivity index (χ0v) is 11.9. The van der Waals surface area contributed by atoms with Crippen molar-refractivity contribution in [3.05, 3.63) is 65.0 Å². The third kappa shape index (κ3) is 2.25. The molecule has 4 nitrogen and oxygen atoms in total. The molecule has 2 aromatic carbocycles. The van der Waals surface area contributed by atoms with Crippen LogP contribution >= 0.6 is 0 Å². The summed E-state index contributed by atoms with van der Waals surface area (Å²) in [5.41, 5.74) is 2.00. The van der Waals surface area contributed by atoms with Crippen LogP contribution in [0.3, 0.4) is 0 Å². The van der Waals surface area contributed by atoms with E-state index in [-0.39, 0.29) is 5.56 Å². The summed E-state index contributed by atoms with van der Waals surface area (Å²) < 4.78 is 6.46. The number of nitrogens with zero attached hydrogens (tertiary/aromatic N) is 1. The lowest BCUT2D eigenvalue weighted by atomic mass is 10.0. The van der Waals surface area contributed by atoms with Crippen LogP contribution in [-0.2, 0) is 0 Å². The van der Waals surface area contributed by atoms with E-state index in [4.69, 9.17) is 9.57 Å². The molecule has 0 bridgehead atoms. The number of benzene rings is 2. The molecule has 106 valence electrons. The molecule has 0 saturated heterocycles. The van der Waals surface area contributed by atoms with E-state index in [1.807, 2.05) is 54.6 Å². The summed E-state index contributed by atoms with van der Waals surface area (Å²) in [6, 6.07) is 16.9. The van der Waals surface area contributed by atoms with Crippen molar-refractivity contribution in [2.75, 3.05) is 14.2 Å². The topological polar surface area (TPSA) is 40.5 Å². The highest BCUT2D eigenvalue weighted by Crippen LogP contribution is 2.22. The molecule has 3 aromatic rings. The first-order valence-corrected chi connectivity index (χ1v) is 6.58. The van der Waals surface area contributed by atoms with E-state index >= 15 is 0 Å². The fourth-order valence-corrected chi connectivity index (χ4v) is 2.39. The standard InChI is InChI=1S/C17H15NO3/c1-20-14-9-7-12(8-10-14)15-11-13-5-3-4-6-16(13)18(21-2)17(15)19/h3-11H,1-2H3. The van der Waals surface area contributed by atoms with Crippen LogP contribution in [0.2, 0.25) is 0 Å². The Morgan fingerprint density at radius 1 is 0.952 bits per heavy atom. The summed E-state index contributed by atoms with van der Waals surface area (Å²) in [5, 5.41) is 0.949. The lowest BCUT2D eigenvalue weighted by Gasteiger charge is -2.11. The van der Waals surface area contributed by atoms with Crippen molar-refractivity contribution < 1.29 is 9.57 Å². The highest BCUT2D eigenvalue weighted by Gasteiger charge is 2.11. The zero-order chi connectivity index (χ0) is 14.8. The second kappa shape index (κ2) is 5.32. The zero-order valence-electron chi connectivity index (χ0n) is 11.9. The molecular formula is C17H15NO3. The van der Waals surface area contributed by atoms with E-state index in [1.165, 1.54) is 11.8 Å². The number of hydrogen-bond donors (Lipinski definition) is 0. The summed E-state index contributed by atoms with van der Waals surface area (Å²) >= 11 is 0. The lowest BCUT2D eigenvalue weighted by molar-refractivity contribution is 0.170. The van der Waals surface area contributed by atoms with Gasteiger partial charge in [-0.25, -0.2) is 0 Å². The van der Waals surface area contributed by atoms with Gasteiger partial charge in [-0.1, -0.05) is 30.3 Å². The SMILES string of the molecule is COc1ccc(-c2cc3ccccc3n(OC)c2=O)cc1. The van der Waals surface area contributed by atoms with Gasteiger partial charge in [-0.3, -0.25) is 4.79 Å². The Labute approximate surface area is 122 Å². The number of aromatic nitrogens is 1. The molecule has 0 aliphatic rings. The smallest absolute Gasteiger partial charge is 0.291 e. The van der Waals surface area contributed by atoms with Crippen LogP contribution in [-0.4, -0.2) is 19.0 Å². The molecule has 0 saturated carbocycles. The van der Waals surface area contributed by atoms with Crippen molar-refractivity contribution in [2.24, 2.45) is 0 Å². The molecule has 21 heavy (non-hydrogen) atoms. The molecule has 4 heteroatoms. The maximum atomic E-state index is 12.6. The number of methoxy groups -OCH3 is 1. The van der Waals surface area contributed by atoms with Gasteiger partial charge in [-0.05, 0) is 29.8 Å². The third-order valence-electron chi connectivity index (χ3n) is 3.45. The molecule has 0 spiro atoms. The number of para-hydroxylation sites is 1. The van der Waals surface area contributed by atoms with Crippen LogP contribution in [0.25, 0.3) is 22.0 Å². The molecule has 0 aliphatic carbocycles. The normalized spacial score (nSPS) is 10.6. The summed E-state index contributed by atoms with van der Waals surface area (Å²) in [6.07, 6.45) is 0. The molecule has 0 unspecified atom stereocenters. The molecule has 0 amide bonds. The summed E-state index contributed by atoms with van der Waals surface area (Å²) in [6.45, 7) is 0. The van der Waals surface area contributed by atoms with Crippen molar-refractivity contribution in [1.29, 1.82) is 0 Å². The molecular weight excluding hydrogens is 266 g/mol. The maximum absolute atomic E-state index is 12.6. The Hall–Kier alpha value is -2.75. The number of fused-ring (bicyclic) bond motifs is 1. The number of hydrogen-bond acceptors (Lipinski definition) is 3. The molecule has 0 radical (unpaired) electrons. The second-order valence-corrected chi connectivity index (χ2v) is 4.63. The predicted octanol–water partition coefficient (Wildman–Crippen LogP) is 2.74. The van der Waals surface area contributed by atoms with Gasteiger partial charge < -0.3 is 9.57 Å². The molecule has 0 fully saturated rings. The van der Waals surface area contributed by atoms with Crippen LogP contribution in [0.15, 0.2) is 59.4 Å². The van der Waals surface area contributed by atoms with E-state index in [0.29, 0.717) is 5.56 Å². The number of ether oxygens (including phenoxy) is 1. The monoisotopic (exact) mass is 281 g/mol. The van der Waals surface area contributed by atoms with Gasteiger partial charge >= 0.3 is 0 Å². The Kier molecular flexibility index (Phi) is 3.36. The van der Waals surface area contributed by atoms with Crippen LogP contribution in [0.5, 0.6) is 5.75 Å². The van der Waals surface area contributed by atoms with Gasteiger partial charge in [0, 0.05) is 5.39 Å². The van der Waals surface area contributed by atoms with Gasteiger partial charge in [0.05, 0.1) is 18.2 Å². The van der Waals surface area contributed by atoms with Gasteiger partial charge in [-0.2, -0.15) is 0 Å². The molecule has 0 N–H and O–H groups in total. The Balaban J connectivity index is 2.26. The molecule has 1 heterocycles. The average Bonchev–Trinajstić information content (AvgIpc) is 2.54. The van der Waals surface area contributed by atoms with E-state index < -0.39 is 0 Å². The summed E-state index contributed by atoms with van der Waals surface area (Å²) in [5.74, 6) is 0.756. The minimum Gasteiger partial charge on any atom is -0.497 e. The van der Waals surface area contributed by atoms with Gasteiger partial charge in [0.15, 0.2) is 0 Å². The largest absolute Gasteiger partial charge is 0.497 e. The van der Waals surface area contributed by atoms with E-state index in [9.17, 15) is 4.79 Å². The van der Waals surface area contributed by atoms with Crippen molar-refractivity contribution in [3.63, 3.8) is 0 Å². The first-order valence-electron chi connectivity index (χ1n) is 6.58. The molecule has 3 rings (SSSR count). The first-order chi connectivity index (χ1) is 10.2. The van der Waals surface area contributed by atoms with Crippen LogP contribution in [0.1, 0.15) is 0 Å². The van der Waals surface area contributed by atoms with Gasteiger partial charge in [-0.15, -0.1) is 4.73 Å². The Bertz CT molecular complexity index is 835. The van der Waals surface area contributed by atoms with Crippen molar-refractivity contribution in [1.82, 2.24) is 4.73 Å². The van der Waals surface area contributed by atoms with Crippen LogP contribution in [0, 0.1) is 0 Å². The minimum absolute atomic E-state index is 0.179.